The molecule has 2 rings (SSSR count). The van der Waals surface area contributed by atoms with Crippen molar-refractivity contribution in [1.82, 2.24) is 9.80 Å². The van der Waals surface area contributed by atoms with Crippen molar-refractivity contribution in [1.29, 1.82) is 0 Å². The summed E-state index contributed by atoms with van der Waals surface area (Å²) in [5.74, 6) is -1.93. The summed E-state index contributed by atoms with van der Waals surface area (Å²) in [4.78, 5) is 39.0. The predicted octanol–water partition coefficient (Wildman–Crippen LogP) is -0.411. The van der Waals surface area contributed by atoms with Gasteiger partial charge in [-0.05, 0) is 13.8 Å². The molecular weight excluding hydrogens is 312 g/mol. The normalized spacial score (nSPS) is 35.3. The van der Waals surface area contributed by atoms with Crippen molar-refractivity contribution in [3.05, 3.63) is 0 Å². The zero-order chi connectivity index (χ0) is 16.9. The van der Waals surface area contributed by atoms with E-state index in [9.17, 15) is 24.6 Å². The van der Waals surface area contributed by atoms with Crippen LogP contribution in [0.3, 0.4) is 0 Å². The minimum atomic E-state index is -2.49. The molecule has 0 aromatic heterocycles. The Morgan fingerprint density at radius 1 is 1.41 bits per heavy atom. The fourth-order valence-corrected chi connectivity index (χ4v) is 7.83. The van der Waals surface area contributed by atoms with Crippen LogP contribution in [0.15, 0.2) is 0 Å². The number of fused-ring (bicyclic) bond motifs is 1. The van der Waals surface area contributed by atoms with Gasteiger partial charge in [0.25, 0.3) is 5.24 Å². The number of carboxylic acid groups (broad SMARTS) is 1. The summed E-state index contributed by atoms with van der Waals surface area (Å²) in [6, 6.07) is -1.12. The molecule has 0 aromatic rings. The van der Waals surface area contributed by atoms with Gasteiger partial charge < -0.3 is 25.1 Å². The van der Waals surface area contributed by atoms with Gasteiger partial charge in [0.1, 0.15) is 6.04 Å². The summed E-state index contributed by atoms with van der Waals surface area (Å²) in [6.45, 7) is 3.14. The quantitative estimate of drug-likeness (QED) is 0.601. The first-order chi connectivity index (χ1) is 10.2. The summed E-state index contributed by atoms with van der Waals surface area (Å²) in [5, 5.41) is 27.7. The zero-order valence-corrected chi connectivity index (χ0v) is 13.7. The van der Waals surface area contributed by atoms with E-state index in [0.717, 1.165) is 0 Å². The number of hydrogen-bond donors (Lipinski definition) is 3. The topological polar surface area (TPSA) is 118 Å². The third-order valence-electron chi connectivity index (χ3n) is 4.78. The first-order valence-electron chi connectivity index (χ1n) is 6.97. The molecule has 0 radical (unpaired) electrons. The second-order valence-corrected chi connectivity index (χ2v) is 9.93. The Kier molecular flexibility index (Phi) is 4.18. The van der Waals surface area contributed by atoms with E-state index in [4.69, 9.17) is 5.11 Å². The molecule has 2 amide bonds. The van der Waals surface area contributed by atoms with Crippen LogP contribution in [-0.2, 0) is 9.59 Å². The lowest BCUT2D eigenvalue weighted by Gasteiger charge is -2.50. The van der Waals surface area contributed by atoms with E-state index >= 15 is 0 Å². The van der Waals surface area contributed by atoms with Crippen molar-refractivity contribution >= 4 is 27.1 Å². The molecule has 126 valence electrons. The summed E-state index contributed by atoms with van der Waals surface area (Å²) in [6.07, 6.45) is 0.0851. The molecule has 3 atom stereocenters. The van der Waals surface area contributed by atoms with Gasteiger partial charge in [-0.25, -0.2) is 4.79 Å². The molecule has 0 bridgehead atoms. The summed E-state index contributed by atoms with van der Waals surface area (Å²) < 4.78 is -1.05. The molecule has 9 heteroatoms. The van der Waals surface area contributed by atoms with Crippen LogP contribution in [0.2, 0.25) is 0 Å². The van der Waals surface area contributed by atoms with Crippen LogP contribution < -0.4 is 0 Å². The molecule has 1 unspecified atom stereocenters. The van der Waals surface area contributed by atoms with E-state index in [-0.39, 0.29) is 30.7 Å². The van der Waals surface area contributed by atoms with Crippen LogP contribution in [0.4, 0.5) is 4.79 Å². The molecular formula is C13H22N2O6S. The van der Waals surface area contributed by atoms with E-state index in [1.807, 2.05) is 0 Å². The first-order valence-corrected chi connectivity index (χ1v) is 8.83. The van der Waals surface area contributed by atoms with Gasteiger partial charge in [0.05, 0.1) is 24.3 Å². The van der Waals surface area contributed by atoms with E-state index in [0.29, 0.717) is 0 Å². The first kappa shape index (κ1) is 17.0. The van der Waals surface area contributed by atoms with Crippen LogP contribution in [0, 0.1) is 0 Å². The number of carbonyl (C=O) groups excluding carboxylic acids is 2. The lowest BCUT2D eigenvalue weighted by molar-refractivity contribution is -0.157. The second-order valence-electron chi connectivity index (χ2n) is 6.14. The number of nitrogens with zero attached hydrogens (tertiary/aromatic N) is 2. The van der Waals surface area contributed by atoms with Crippen molar-refractivity contribution in [2.24, 2.45) is 0 Å². The highest BCUT2D eigenvalue weighted by Gasteiger charge is 2.71. The van der Waals surface area contributed by atoms with Crippen LogP contribution in [-0.4, -0.2) is 84.5 Å². The molecule has 0 aliphatic carbocycles. The molecule has 2 aliphatic rings. The van der Waals surface area contributed by atoms with E-state index in [1.54, 1.807) is 13.8 Å². The number of amides is 2. The van der Waals surface area contributed by atoms with Gasteiger partial charge in [-0.1, -0.05) is 0 Å². The van der Waals surface area contributed by atoms with Gasteiger partial charge in [0, 0.05) is 18.3 Å². The van der Waals surface area contributed by atoms with E-state index < -0.39 is 38.1 Å². The molecule has 2 saturated heterocycles. The zero-order valence-electron chi connectivity index (χ0n) is 12.9. The third kappa shape index (κ3) is 1.88. The number of aliphatic hydroxyl groups is 2. The molecule has 3 N–H and O–H groups in total. The molecule has 2 aliphatic heterocycles. The van der Waals surface area contributed by atoms with Gasteiger partial charge in [-0.2, -0.15) is 0 Å². The maximum Gasteiger partial charge on any atom is 0.327 e. The number of rotatable bonds is 4. The van der Waals surface area contributed by atoms with E-state index in [1.165, 1.54) is 16.8 Å². The van der Waals surface area contributed by atoms with Gasteiger partial charge in [-0.3, -0.25) is 9.59 Å². The number of likely N-dealkylation sites (N-methyl/N-ethyl adjacent to an activating group) is 1. The lowest BCUT2D eigenvalue weighted by atomic mass is 9.98. The Balaban J connectivity index is 2.52. The highest BCUT2D eigenvalue weighted by atomic mass is 32.3. The predicted molar refractivity (Wildman–Crippen MR) is 80.5 cm³/mol. The maximum absolute atomic E-state index is 12.9. The molecule has 22 heavy (non-hydrogen) atoms. The largest absolute Gasteiger partial charge is 0.480 e. The molecule has 2 fully saturated rings. The molecule has 0 spiro atoms. The molecule has 8 nitrogen and oxygen atoms in total. The van der Waals surface area contributed by atoms with E-state index in [2.05, 4.69) is 0 Å². The Morgan fingerprint density at radius 2 is 2.00 bits per heavy atom. The van der Waals surface area contributed by atoms with Gasteiger partial charge in [0.15, 0.2) is 0 Å². The van der Waals surface area contributed by atoms with Crippen molar-refractivity contribution in [3.63, 3.8) is 0 Å². The number of carbonyl (C=O) groups is 3. The van der Waals surface area contributed by atoms with Crippen LogP contribution >= 0.6 is 10.0 Å². The Labute approximate surface area is 130 Å². The average molecular weight is 334 g/mol. The van der Waals surface area contributed by atoms with Crippen molar-refractivity contribution in [2.45, 2.75) is 36.4 Å². The van der Waals surface area contributed by atoms with Crippen LogP contribution in [0.25, 0.3) is 0 Å². The standard InChI is InChI=1S/C13H22N2O6S/c1-13(2)10(11(19)20)15-8(18)6-9(15)22(13,7-17)12(21)14(3)4-5-16/h9-10,16-17H,4-7H2,1-3H3,(H,19,20)/t9-,10+/m1/s1. The number of aliphatic hydroxyl groups excluding tert-OH is 2. The molecule has 0 aromatic carbocycles. The van der Waals surface area contributed by atoms with Crippen molar-refractivity contribution < 1.29 is 29.7 Å². The molecule has 0 saturated carbocycles. The summed E-state index contributed by atoms with van der Waals surface area (Å²) >= 11 is 0. The second kappa shape index (κ2) is 5.39. The SMILES string of the molecule is CN(CCO)C(=O)S1(CO)[C@@H]2CC(=O)N2[C@@H](C(=O)O)C1(C)C. The maximum atomic E-state index is 12.9. The third-order valence-corrected chi connectivity index (χ3v) is 9.55. The van der Waals surface area contributed by atoms with Crippen molar-refractivity contribution in [3.8, 4) is 0 Å². The Morgan fingerprint density at radius 3 is 2.36 bits per heavy atom. The average Bonchev–Trinajstić information content (AvgIpc) is 2.59. The summed E-state index contributed by atoms with van der Waals surface area (Å²) in [5.41, 5.74) is 0. The van der Waals surface area contributed by atoms with Gasteiger partial charge in [-0.15, -0.1) is 10.0 Å². The van der Waals surface area contributed by atoms with Crippen molar-refractivity contribution in [2.75, 3.05) is 26.1 Å². The lowest BCUT2D eigenvalue weighted by Crippen LogP contribution is -2.57. The highest BCUT2D eigenvalue weighted by molar-refractivity contribution is 8.46. The smallest absolute Gasteiger partial charge is 0.327 e. The minimum Gasteiger partial charge on any atom is -0.480 e. The van der Waals surface area contributed by atoms with Crippen LogP contribution in [0.1, 0.15) is 20.3 Å². The van der Waals surface area contributed by atoms with Gasteiger partial charge >= 0.3 is 5.97 Å². The number of β-lactam (4-membered cyclic amide) rings is 1. The monoisotopic (exact) mass is 334 g/mol. The number of hydrogen-bond acceptors (Lipinski definition) is 5. The van der Waals surface area contributed by atoms with Crippen LogP contribution in [0.5, 0.6) is 0 Å². The minimum absolute atomic E-state index is 0.0851. The fraction of sp³-hybridized carbons (Fsp3) is 0.769. The number of carboxylic acids is 1. The Hall–Kier alpha value is -1.32. The van der Waals surface area contributed by atoms with Gasteiger partial charge in [0.2, 0.25) is 5.91 Å². The number of aliphatic carboxylic acids is 1. The Bertz CT molecular complexity index is 525. The highest BCUT2D eigenvalue weighted by Crippen LogP contribution is 2.73. The molecule has 2 heterocycles. The fourth-order valence-electron chi connectivity index (χ4n) is 3.52. The summed E-state index contributed by atoms with van der Waals surface area (Å²) in [7, 11) is -0.978.